The molecule has 2 fully saturated rings. The van der Waals surface area contributed by atoms with Crippen molar-refractivity contribution in [2.24, 2.45) is 5.73 Å². The minimum atomic E-state index is -3.85. The number of ether oxygens (including phenoxy) is 2. The predicted octanol–water partition coefficient (Wildman–Crippen LogP) is -1.10. The average Bonchev–Trinajstić information content (AvgIpc) is 2.48. The van der Waals surface area contributed by atoms with Crippen LogP contribution in [-0.4, -0.2) is 59.2 Å². The largest absolute Gasteiger partial charge is 0.423 e. The van der Waals surface area contributed by atoms with E-state index in [0.717, 1.165) is 11.8 Å². The van der Waals surface area contributed by atoms with Crippen molar-refractivity contribution in [1.29, 1.82) is 0 Å². The highest BCUT2D eigenvalue weighted by Crippen LogP contribution is 2.45. The van der Waals surface area contributed by atoms with E-state index in [2.05, 4.69) is 0 Å². The molecule has 10 heteroatoms. The van der Waals surface area contributed by atoms with Crippen molar-refractivity contribution in [1.82, 2.24) is 4.90 Å². The monoisotopic (exact) mass is 348 g/mol. The zero-order chi connectivity index (χ0) is 18.0. The molecule has 0 aromatic rings. The van der Waals surface area contributed by atoms with Crippen LogP contribution in [0.25, 0.3) is 0 Å². The molecule has 9 nitrogen and oxygen atoms in total. The lowest BCUT2D eigenvalue weighted by atomic mass is 9.96. The number of nitrogens with two attached hydrogens (primary N) is 1. The van der Waals surface area contributed by atoms with Crippen molar-refractivity contribution in [3.63, 3.8) is 0 Å². The molecule has 3 atom stereocenters. The third-order valence-electron chi connectivity index (χ3n) is 4.07. The summed E-state index contributed by atoms with van der Waals surface area (Å²) < 4.78 is 33.5. The molecule has 2 aliphatic rings. The topological polar surface area (TPSA) is 133 Å². The van der Waals surface area contributed by atoms with Crippen molar-refractivity contribution >= 4 is 27.7 Å². The molecule has 2 saturated heterocycles. The van der Waals surface area contributed by atoms with Crippen LogP contribution in [0.15, 0.2) is 0 Å². The lowest BCUT2D eigenvalue weighted by Crippen LogP contribution is -2.70. The Hall–Kier alpha value is -1.68. The van der Waals surface area contributed by atoms with Crippen molar-refractivity contribution < 1.29 is 32.3 Å². The number of fused-ring (bicyclic) bond motifs is 1. The fraction of sp³-hybridized carbons (Fsp3) is 0.769. The maximum Gasteiger partial charge on any atom is 0.333 e. The molecule has 0 aromatic carbocycles. The van der Waals surface area contributed by atoms with Gasteiger partial charge in [-0.3, -0.25) is 9.59 Å². The molecule has 0 saturated carbocycles. The average molecular weight is 348 g/mol. The van der Waals surface area contributed by atoms with Gasteiger partial charge in [-0.1, -0.05) is 0 Å². The molecule has 0 bridgehead atoms. The molecule has 2 rings (SSSR count). The number of sulfone groups is 1. The zero-order valence-corrected chi connectivity index (χ0v) is 14.3. The summed E-state index contributed by atoms with van der Waals surface area (Å²) in [4.78, 5) is 36.4. The van der Waals surface area contributed by atoms with Gasteiger partial charge >= 0.3 is 11.9 Å². The van der Waals surface area contributed by atoms with Gasteiger partial charge in [0.05, 0.1) is 0 Å². The Bertz CT molecular complexity index is 682. The summed E-state index contributed by atoms with van der Waals surface area (Å²) in [5, 5.41) is -1.24. The summed E-state index contributed by atoms with van der Waals surface area (Å²) >= 11 is 0. The maximum absolute atomic E-state index is 12.5. The first-order valence-corrected chi connectivity index (χ1v) is 8.52. The predicted molar refractivity (Wildman–Crippen MR) is 77.3 cm³/mol. The summed E-state index contributed by atoms with van der Waals surface area (Å²) in [6.07, 6.45) is 0. The quantitative estimate of drug-likeness (QED) is 0.386. The first kappa shape index (κ1) is 17.7. The molecule has 0 aromatic heterocycles. The summed E-state index contributed by atoms with van der Waals surface area (Å²) in [5.41, 5.74) is 5.57. The number of amides is 1. The smallest absolute Gasteiger partial charge is 0.333 e. The van der Waals surface area contributed by atoms with Crippen LogP contribution in [0.5, 0.6) is 0 Å². The number of carbonyl (C=O) groups is 3. The van der Waals surface area contributed by atoms with E-state index in [-0.39, 0.29) is 0 Å². The Morgan fingerprint density at radius 1 is 1.26 bits per heavy atom. The summed E-state index contributed by atoms with van der Waals surface area (Å²) in [6, 6.07) is -2.53. The molecule has 1 amide bonds. The lowest BCUT2D eigenvalue weighted by molar-refractivity contribution is -0.219. The molecule has 2 heterocycles. The Morgan fingerprint density at radius 3 is 2.26 bits per heavy atom. The van der Waals surface area contributed by atoms with Gasteiger partial charge in [-0.05, 0) is 13.8 Å². The lowest BCUT2D eigenvalue weighted by Gasteiger charge is -2.41. The minimum absolute atomic E-state index is 0.628. The van der Waals surface area contributed by atoms with Crippen molar-refractivity contribution in [3.8, 4) is 0 Å². The highest BCUT2D eigenvalue weighted by molar-refractivity contribution is 7.94. The van der Waals surface area contributed by atoms with Crippen LogP contribution >= 0.6 is 0 Å². The molecule has 0 radical (unpaired) electrons. The summed E-state index contributed by atoms with van der Waals surface area (Å²) in [7, 11) is -3.85. The van der Waals surface area contributed by atoms with E-state index in [9.17, 15) is 22.8 Å². The molecule has 23 heavy (non-hydrogen) atoms. The molecule has 0 spiro atoms. The molecule has 0 aliphatic carbocycles. The highest BCUT2D eigenvalue weighted by Gasteiger charge is 2.71. The van der Waals surface area contributed by atoms with E-state index in [0.29, 0.717) is 0 Å². The Morgan fingerprint density at radius 2 is 1.78 bits per heavy atom. The van der Waals surface area contributed by atoms with Gasteiger partial charge in [-0.2, -0.15) is 0 Å². The van der Waals surface area contributed by atoms with Gasteiger partial charge in [0, 0.05) is 20.8 Å². The summed E-state index contributed by atoms with van der Waals surface area (Å²) in [6.45, 7) is 6.50. The third kappa shape index (κ3) is 2.40. The first-order chi connectivity index (χ1) is 10.2. The van der Waals surface area contributed by atoms with Crippen LogP contribution in [0.1, 0.15) is 34.6 Å². The van der Waals surface area contributed by atoms with Crippen molar-refractivity contribution in [3.05, 3.63) is 0 Å². The second kappa shape index (κ2) is 4.91. The number of nitrogens with zero attached hydrogens (tertiary/aromatic N) is 1. The van der Waals surface area contributed by atoms with Crippen LogP contribution in [0.4, 0.5) is 0 Å². The number of β-lactam (4-membered cyclic amide) rings is 1. The van der Waals surface area contributed by atoms with Gasteiger partial charge in [0.2, 0.25) is 5.91 Å². The van der Waals surface area contributed by atoms with E-state index < -0.39 is 55.7 Å². The number of carbonyl (C=O) groups excluding carboxylic acids is 3. The van der Waals surface area contributed by atoms with Gasteiger partial charge in [0.25, 0.3) is 5.79 Å². The number of hydrogen-bond donors (Lipinski definition) is 1. The fourth-order valence-electron chi connectivity index (χ4n) is 2.99. The molecule has 2 N–H and O–H groups in total. The van der Waals surface area contributed by atoms with E-state index >= 15 is 0 Å². The van der Waals surface area contributed by atoms with Crippen LogP contribution < -0.4 is 5.73 Å². The minimum Gasteiger partial charge on any atom is -0.423 e. The number of rotatable bonds is 3. The normalized spacial score (nSPS) is 31.1. The SMILES string of the molecule is CC(=O)OC(C)(C)OC(=O)[C@@H]1N2C(=O)C(N)[C@H]2S(=O)(=O)C1(C)C. The number of esters is 2. The van der Waals surface area contributed by atoms with Crippen LogP contribution in [-0.2, 0) is 33.7 Å². The van der Waals surface area contributed by atoms with Crippen molar-refractivity contribution in [2.45, 2.75) is 62.6 Å². The third-order valence-corrected chi connectivity index (χ3v) is 6.91. The summed E-state index contributed by atoms with van der Waals surface area (Å²) in [5.74, 6) is -3.85. The second-order valence-electron chi connectivity index (χ2n) is 6.63. The number of hydrogen-bond acceptors (Lipinski definition) is 8. The Labute approximate surface area is 134 Å². The van der Waals surface area contributed by atoms with Crippen molar-refractivity contribution in [2.75, 3.05) is 0 Å². The van der Waals surface area contributed by atoms with Gasteiger partial charge < -0.3 is 20.1 Å². The Kier molecular flexibility index (Phi) is 3.77. The van der Waals surface area contributed by atoms with Crippen LogP contribution in [0.3, 0.4) is 0 Å². The molecular weight excluding hydrogens is 328 g/mol. The van der Waals surface area contributed by atoms with E-state index in [1.165, 1.54) is 27.7 Å². The van der Waals surface area contributed by atoms with E-state index in [1.807, 2.05) is 0 Å². The first-order valence-electron chi connectivity index (χ1n) is 6.97. The zero-order valence-electron chi connectivity index (χ0n) is 13.5. The second-order valence-corrected chi connectivity index (χ2v) is 9.25. The molecule has 130 valence electrons. The maximum atomic E-state index is 12.5. The van der Waals surface area contributed by atoms with Gasteiger partial charge in [0.15, 0.2) is 15.2 Å². The van der Waals surface area contributed by atoms with Gasteiger partial charge in [0.1, 0.15) is 16.8 Å². The molecule has 1 unspecified atom stereocenters. The molecular formula is C13H20N2O7S. The highest BCUT2D eigenvalue weighted by atomic mass is 32.2. The van der Waals surface area contributed by atoms with Gasteiger partial charge in [-0.25, -0.2) is 13.2 Å². The molecule has 2 aliphatic heterocycles. The fourth-order valence-corrected chi connectivity index (χ4v) is 5.16. The van der Waals surface area contributed by atoms with E-state index in [4.69, 9.17) is 15.2 Å². The van der Waals surface area contributed by atoms with E-state index in [1.54, 1.807) is 0 Å². The van der Waals surface area contributed by atoms with Crippen LogP contribution in [0, 0.1) is 0 Å². The standard InChI is InChI=1S/C13H20N2O7S/c1-6(16)21-13(4,5)22-11(18)8-12(2,3)23(19,20)10-7(14)9(17)15(8)10/h7-8,10H,14H2,1-5H3/t7?,8-,10+/m0/s1. The Balaban J connectivity index is 2.33. The van der Waals surface area contributed by atoms with Crippen LogP contribution in [0.2, 0.25) is 0 Å². The van der Waals surface area contributed by atoms with Gasteiger partial charge in [-0.15, -0.1) is 0 Å².